The van der Waals surface area contributed by atoms with Crippen LogP contribution in [0.25, 0.3) is 0 Å². The van der Waals surface area contributed by atoms with Crippen molar-refractivity contribution in [3.05, 3.63) is 26.9 Å². The molecule has 108 valence electrons. The summed E-state index contributed by atoms with van der Waals surface area (Å²) in [5, 5.41) is 0. The Kier molecular flexibility index (Phi) is 8.92. The van der Waals surface area contributed by atoms with Gasteiger partial charge in [-0.15, -0.1) is 0 Å². The summed E-state index contributed by atoms with van der Waals surface area (Å²) in [4.78, 5) is 4.40. The first kappa shape index (κ1) is 17.1. The number of rotatable bonds is 9. The van der Waals surface area contributed by atoms with E-state index in [1.807, 2.05) is 12.3 Å². The lowest BCUT2D eigenvalue weighted by Crippen LogP contribution is -2.12. The molecule has 2 N–H and O–H groups in total. The predicted molar refractivity (Wildman–Crippen MR) is 89.2 cm³/mol. The van der Waals surface area contributed by atoms with Crippen LogP contribution in [0.3, 0.4) is 0 Å². The molecule has 0 spiro atoms. The molecule has 0 amide bonds. The van der Waals surface area contributed by atoms with E-state index in [1.54, 1.807) is 0 Å². The van der Waals surface area contributed by atoms with Crippen molar-refractivity contribution in [2.75, 3.05) is 0 Å². The molecule has 1 aromatic heterocycles. The molecule has 1 heterocycles. The molecule has 19 heavy (non-hydrogen) atoms. The van der Waals surface area contributed by atoms with Crippen LogP contribution < -0.4 is 5.73 Å². The molecule has 1 unspecified atom stereocenters. The Balaban J connectivity index is 2.22. The van der Waals surface area contributed by atoms with Crippen LogP contribution in [0.15, 0.2) is 21.2 Å². The van der Waals surface area contributed by atoms with Gasteiger partial charge in [0.1, 0.15) is 0 Å². The lowest BCUT2D eigenvalue weighted by atomic mass is 10.0. The molecular formula is C15H24Br2N2. The molecule has 0 aliphatic carbocycles. The van der Waals surface area contributed by atoms with Gasteiger partial charge in [-0.2, -0.15) is 0 Å². The highest BCUT2D eigenvalue weighted by molar-refractivity contribution is 9.11. The third-order valence-corrected chi connectivity index (χ3v) is 4.37. The molecule has 0 aliphatic heterocycles. The van der Waals surface area contributed by atoms with Crippen molar-refractivity contribution >= 4 is 31.9 Å². The molecule has 0 bridgehead atoms. The van der Waals surface area contributed by atoms with Gasteiger partial charge in [0.05, 0.1) is 5.69 Å². The maximum Gasteiger partial charge on any atom is 0.0713 e. The first-order chi connectivity index (χ1) is 9.15. The lowest BCUT2D eigenvalue weighted by molar-refractivity contribution is 0.534. The van der Waals surface area contributed by atoms with Crippen LogP contribution in [0.1, 0.15) is 70.0 Å². The highest BCUT2D eigenvalue weighted by Crippen LogP contribution is 2.26. The Morgan fingerprint density at radius 3 is 2.37 bits per heavy atom. The maximum absolute atomic E-state index is 6.20. The summed E-state index contributed by atoms with van der Waals surface area (Å²) < 4.78 is 1.98. The Labute approximate surface area is 133 Å². The number of unbranched alkanes of at least 4 members (excludes halogenated alkanes) is 6. The zero-order valence-corrected chi connectivity index (χ0v) is 14.8. The van der Waals surface area contributed by atoms with Gasteiger partial charge in [0.25, 0.3) is 0 Å². The minimum Gasteiger partial charge on any atom is -0.323 e. The highest BCUT2D eigenvalue weighted by atomic mass is 79.9. The van der Waals surface area contributed by atoms with Crippen molar-refractivity contribution < 1.29 is 0 Å². The zero-order chi connectivity index (χ0) is 14.1. The minimum absolute atomic E-state index is 0.0399. The molecule has 4 heteroatoms. The molecule has 0 aromatic carbocycles. The Morgan fingerprint density at radius 2 is 1.74 bits per heavy atom. The molecule has 0 fully saturated rings. The number of hydrogen-bond acceptors (Lipinski definition) is 2. The van der Waals surface area contributed by atoms with Crippen LogP contribution >= 0.6 is 31.9 Å². The van der Waals surface area contributed by atoms with Gasteiger partial charge >= 0.3 is 0 Å². The molecule has 1 rings (SSSR count). The maximum atomic E-state index is 6.20. The van der Waals surface area contributed by atoms with Gasteiger partial charge in [-0.25, -0.2) is 0 Å². The SMILES string of the molecule is CCCCCCCCCC(N)c1ncc(Br)cc1Br. The van der Waals surface area contributed by atoms with Crippen molar-refractivity contribution in [1.82, 2.24) is 4.98 Å². The Hall–Kier alpha value is 0.0700. The smallest absolute Gasteiger partial charge is 0.0713 e. The molecule has 1 aromatic rings. The lowest BCUT2D eigenvalue weighted by Gasteiger charge is -2.12. The van der Waals surface area contributed by atoms with E-state index in [9.17, 15) is 0 Å². The van der Waals surface area contributed by atoms with Crippen LogP contribution in [0.2, 0.25) is 0 Å². The summed E-state index contributed by atoms with van der Waals surface area (Å²) in [5.74, 6) is 0. The van der Waals surface area contributed by atoms with Gasteiger partial charge in [-0.05, 0) is 44.3 Å². The fraction of sp³-hybridized carbons (Fsp3) is 0.667. The second kappa shape index (κ2) is 9.89. The predicted octanol–water partition coefficient (Wildman–Crippen LogP) is 5.75. The van der Waals surface area contributed by atoms with Gasteiger partial charge in [0.2, 0.25) is 0 Å². The van der Waals surface area contributed by atoms with Crippen molar-refractivity contribution in [3.8, 4) is 0 Å². The zero-order valence-electron chi connectivity index (χ0n) is 11.7. The molecular weight excluding hydrogens is 368 g/mol. The van der Waals surface area contributed by atoms with E-state index < -0.39 is 0 Å². The number of nitrogens with zero attached hydrogens (tertiary/aromatic N) is 1. The topological polar surface area (TPSA) is 38.9 Å². The van der Waals surface area contributed by atoms with Crippen LogP contribution in [0, 0.1) is 0 Å². The summed E-state index contributed by atoms with van der Waals surface area (Å²) >= 11 is 6.93. The second-order valence-corrected chi connectivity index (χ2v) is 6.81. The van der Waals surface area contributed by atoms with Gasteiger partial charge in [-0.1, -0.05) is 51.9 Å². The quantitative estimate of drug-likeness (QED) is 0.544. The average Bonchev–Trinajstić information content (AvgIpc) is 2.37. The number of halogens is 2. The summed E-state index contributed by atoms with van der Waals surface area (Å²) in [5.41, 5.74) is 7.17. The Bertz CT molecular complexity index is 369. The number of hydrogen-bond donors (Lipinski definition) is 1. The number of nitrogens with two attached hydrogens (primary N) is 1. The average molecular weight is 392 g/mol. The van der Waals surface area contributed by atoms with E-state index in [0.29, 0.717) is 0 Å². The highest BCUT2D eigenvalue weighted by Gasteiger charge is 2.11. The van der Waals surface area contributed by atoms with E-state index in [0.717, 1.165) is 21.1 Å². The molecule has 0 radical (unpaired) electrons. The van der Waals surface area contributed by atoms with Gasteiger partial charge in [0.15, 0.2) is 0 Å². The van der Waals surface area contributed by atoms with Crippen LogP contribution in [0.5, 0.6) is 0 Å². The second-order valence-electron chi connectivity index (χ2n) is 5.04. The molecule has 0 saturated heterocycles. The minimum atomic E-state index is 0.0399. The number of aromatic nitrogens is 1. The molecule has 1 atom stereocenters. The molecule has 0 aliphatic rings. The first-order valence-corrected chi connectivity index (χ1v) is 8.80. The van der Waals surface area contributed by atoms with Crippen molar-refractivity contribution in [2.45, 2.75) is 64.3 Å². The standard InChI is InChI=1S/C15H24Br2N2/c1-2-3-4-5-6-7-8-9-14(18)15-13(17)10-12(16)11-19-15/h10-11,14H,2-9,18H2,1H3. The first-order valence-electron chi connectivity index (χ1n) is 7.21. The van der Waals surface area contributed by atoms with Crippen LogP contribution in [-0.4, -0.2) is 4.98 Å². The summed E-state index contributed by atoms with van der Waals surface area (Å²) in [6.07, 6.45) is 12.1. The summed E-state index contributed by atoms with van der Waals surface area (Å²) in [6.45, 7) is 2.25. The van der Waals surface area contributed by atoms with Crippen LogP contribution in [-0.2, 0) is 0 Å². The van der Waals surface area contributed by atoms with Crippen molar-refractivity contribution in [3.63, 3.8) is 0 Å². The van der Waals surface area contributed by atoms with Gasteiger partial charge < -0.3 is 5.73 Å². The van der Waals surface area contributed by atoms with Gasteiger partial charge in [-0.3, -0.25) is 4.98 Å². The normalized spacial score (nSPS) is 12.6. The number of pyridine rings is 1. The van der Waals surface area contributed by atoms with Crippen LogP contribution in [0.4, 0.5) is 0 Å². The Morgan fingerprint density at radius 1 is 1.11 bits per heavy atom. The van der Waals surface area contributed by atoms with Crippen molar-refractivity contribution in [1.29, 1.82) is 0 Å². The molecule has 0 saturated carbocycles. The third-order valence-electron chi connectivity index (χ3n) is 3.31. The van der Waals surface area contributed by atoms with E-state index in [4.69, 9.17) is 5.73 Å². The summed E-state index contributed by atoms with van der Waals surface area (Å²) in [6, 6.07) is 2.05. The largest absolute Gasteiger partial charge is 0.323 e. The molecule has 2 nitrogen and oxygen atoms in total. The van der Waals surface area contributed by atoms with E-state index >= 15 is 0 Å². The fourth-order valence-electron chi connectivity index (χ4n) is 2.16. The van der Waals surface area contributed by atoms with Gasteiger partial charge in [0, 0.05) is 21.2 Å². The van der Waals surface area contributed by atoms with E-state index in [2.05, 4.69) is 43.8 Å². The van der Waals surface area contributed by atoms with Crippen molar-refractivity contribution in [2.24, 2.45) is 5.73 Å². The van der Waals surface area contributed by atoms with E-state index in [-0.39, 0.29) is 6.04 Å². The third kappa shape index (κ3) is 6.87. The monoisotopic (exact) mass is 390 g/mol. The fourth-order valence-corrected chi connectivity index (χ4v) is 3.44. The van der Waals surface area contributed by atoms with E-state index in [1.165, 1.54) is 44.9 Å². The summed E-state index contributed by atoms with van der Waals surface area (Å²) in [7, 11) is 0.